The van der Waals surface area contributed by atoms with E-state index in [1.165, 1.54) is 32.4 Å². The molecule has 1 aliphatic rings. The van der Waals surface area contributed by atoms with Crippen LogP contribution in [0.4, 0.5) is 0 Å². The van der Waals surface area contributed by atoms with Crippen LogP contribution in [0, 0.1) is 0 Å². The van der Waals surface area contributed by atoms with Gasteiger partial charge in [0.1, 0.15) is 12.2 Å². The van der Waals surface area contributed by atoms with E-state index in [1.807, 2.05) is 32.0 Å². The van der Waals surface area contributed by atoms with Gasteiger partial charge in [-0.15, -0.1) is 0 Å². The summed E-state index contributed by atoms with van der Waals surface area (Å²) in [5.41, 5.74) is 1.06. The summed E-state index contributed by atoms with van der Waals surface area (Å²) in [5, 5.41) is 2.73. The minimum atomic E-state index is -3.83. The molecule has 8 nitrogen and oxygen atoms in total. The maximum absolute atomic E-state index is 12.4. The molecule has 0 atom stereocenters. The molecule has 1 N–H and O–H groups in total. The zero-order chi connectivity index (χ0) is 21.9. The summed E-state index contributed by atoms with van der Waals surface area (Å²) in [4.78, 5) is 17.1. The van der Waals surface area contributed by atoms with Gasteiger partial charge in [-0.05, 0) is 38.1 Å². The second-order valence-electron chi connectivity index (χ2n) is 7.51. The van der Waals surface area contributed by atoms with Crippen molar-refractivity contribution >= 4 is 15.9 Å². The number of para-hydroxylation sites is 1. The molecule has 3 rings (SSSR count). The van der Waals surface area contributed by atoms with Crippen molar-refractivity contribution in [2.24, 2.45) is 0 Å². The molecule has 9 heteroatoms. The van der Waals surface area contributed by atoms with Gasteiger partial charge in [-0.1, -0.05) is 22.7 Å². The minimum absolute atomic E-state index is 0.0321. The van der Waals surface area contributed by atoms with Gasteiger partial charge < -0.3 is 14.8 Å². The van der Waals surface area contributed by atoms with Crippen molar-refractivity contribution in [3.8, 4) is 11.5 Å². The Balaban J connectivity index is 1.58. The molecule has 0 bridgehead atoms. The number of nitrogens with one attached hydrogen (secondary N) is 1. The maximum Gasteiger partial charge on any atom is 0.264 e. The molecule has 0 saturated carbocycles. The summed E-state index contributed by atoms with van der Waals surface area (Å²) in [5.74, 6) is 0.989. The Hall–Kier alpha value is -2.62. The number of hydrogen-bond donors (Lipinski definition) is 1. The average molecular weight is 435 g/mol. The van der Waals surface area contributed by atoms with E-state index in [0.29, 0.717) is 5.75 Å². The molecule has 0 fully saturated rings. The van der Waals surface area contributed by atoms with Crippen LogP contribution in [0.2, 0.25) is 0 Å². The van der Waals surface area contributed by atoms with E-state index >= 15 is 0 Å². The van der Waals surface area contributed by atoms with E-state index in [-0.39, 0.29) is 29.2 Å². The number of benzene rings is 2. The Labute approximate surface area is 176 Å². The lowest BCUT2D eigenvalue weighted by molar-refractivity contribution is -0.0258. The third kappa shape index (κ3) is 4.75. The summed E-state index contributed by atoms with van der Waals surface area (Å²) in [6.07, 6.45) is 0.813. The lowest BCUT2D eigenvalue weighted by Gasteiger charge is -2.18. The third-order valence-corrected chi connectivity index (χ3v) is 6.37. The summed E-state index contributed by atoms with van der Waals surface area (Å²) in [7, 11) is -1.29. The standard InChI is InChI=1S/C21H26N2O6S/c1-21(2)14-16-8-6-10-18(19(16)29-21)28-12-11-22-20(24)15-7-5-9-17(13-15)30(25,26)23(3)27-4/h5-10,13H,11-12,14H2,1-4H3,(H,22,24). The van der Waals surface area contributed by atoms with Gasteiger partial charge in [-0.3, -0.25) is 9.63 Å². The number of hydrogen-bond acceptors (Lipinski definition) is 6. The van der Waals surface area contributed by atoms with E-state index in [9.17, 15) is 13.2 Å². The number of nitrogens with zero attached hydrogens (tertiary/aromatic N) is 1. The molecule has 0 aliphatic carbocycles. The SMILES string of the molecule is CON(C)S(=O)(=O)c1cccc(C(=O)NCCOc2cccc3c2OC(C)(C)C3)c1. The first-order chi connectivity index (χ1) is 14.1. The van der Waals surface area contributed by atoms with Crippen molar-refractivity contribution in [2.75, 3.05) is 27.3 Å². The van der Waals surface area contributed by atoms with Crippen molar-refractivity contribution in [3.63, 3.8) is 0 Å². The van der Waals surface area contributed by atoms with E-state index in [1.54, 1.807) is 6.07 Å². The van der Waals surface area contributed by atoms with Crippen molar-refractivity contribution in [3.05, 3.63) is 53.6 Å². The van der Waals surface area contributed by atoms with Crippen LogP contribution in [0.3, 0.4) is 0 Å². The van der Waals surface area contributed by atoms with Gasteiger partial charge in [-0.25, -0.2) is 8.42 Å². The van der Waals surface area contributed by atoms with Gasteiger partial charge in [0.05, 0.1) is 18.6 Å². The Morgan fingerprint density at radius 3 is 2.70 bits per heavy atom. The van der Waals surface area contributed by atoms with E-state index in [0.717, 1.165) is 22.2 Å². The van der Waals surface area contributed by atoms with Crippen LogP contribution in [0.15, 0.2) is 47.4 Å². The number of amides is 1. The highest BCUT2D eigenvalue weighted by Crippen LogP contribution is 2.41. The molecule has 2 aromatic rings. The predicted molar refractivity (Wildman–Crippen MR) is 111 cm³/mol. The molecule has 0 radical (unpaired) electrons. The molecule has 1 heterocycles. The zero-order valence-electron chi connectivity index (χ0n) is 17.5. The summed E-state index contributed by atoms with van der Waals surface area (Å²) >= 11 is 0. The zero-order valence-corrected chi connectivity index (χ0v) is 18.3. The molecular weight excluding hydrogens is 408 g/mol. The molecule has 2 aromatic carbocycles. The maximum atomic E-state index is 12.4. The lowest BCUT2D eigenvalue weighted by Crippen LogP contribution is -2.29. The third-order valence-electron chi connectivity index (χ3n) is 4.69. The number of sulfonamides is 1. The van der Waals surface area contributed by atoms with Gasteiger partial charge in [0.2, 0.25) is 0 Å². The number of carbonyl (C=O) groups is 1. The number of ether oxygens (including phenoxy) is 2. The molecule has 0 unspecified atom stereocenters. The fraction of sp³-hybridized carbons (Fsp3) is 0.381. The van der Waals surface area contributed by atoms with Crippen molar-refractivity contribution < 1.29 is 27.5 Å². The number of hydroxylamine groups is 1. The van der Waals surface area contributed by atoms with Crippen LogP contribution in [0.25, 0.3) is 0 Å². The number of rotatable bonds is 8. The van der Waals surface area contributed by atoms with Crippen LogP contribution in [-0.4, -0.2) is 51.7 Å². The molecule has 30 heavy (non-hydrogen) atoms. The molecule has 1 aliphatic heterocycles. The summed E-state index contributed by atoms with van der Waals surface area (Å²) in [6, 6.07) is 11.5. The minimum Gasteiger partial charge on any atom is -0.488 e. The highest BCUT2D eigenvalue weighted by Gasteiger charge is 2.32. The van der Waals surface area contributed by atoms with Crippen molar-refractivity contribution in [2.45, 2.75) is 30.8 Å². The van der Waals surface area contributed by atoms with Gasteiger partial charge in [-0.2, -0.15) is 0 Å². The number of carbonyl (C=O) groups excluding carboxylic acids is 1. The Kier molecular flexibility index (Phi) is 6.35. The average Bonchev–Trinajstić information content (AvgIpc) is 3.04. The Bertz CT molecular complexity index is 1040. The van der Waals surface area contributed by atoms with E-state index in [4.69, 9.17) is 14.3 Å². The fourth-order valence-electron chi connectivity index (χ4n) is 3.17. The monoisotopic (exact) mass is 434 g/mol. The van der Waals surface area contributed by atoms with Crippen molar-refractivity contribution in [1.29, 1.82) is 0 Å². The summed E-state index contributed by atoms with van der Waals surface area (Å²) in [6.45, 7) is 4.54. The molecular formula is C21H26N2O6S. The highest BCUT2D eigenvalue weighted by atomic mass is 32.2. The van der Waals surface area contributed by atoms with Crippen LogP contribution in [0.5, 0.6) is 11.5 Å². The van der Waals surface area contributed by atoms with Crippen molar-refractivity contribution in [1.82, 2.24) is 9.79 Å². The fourth-order valence-corrected chi connectivity index (χ4v) is 4.19. The molecule has 0 saturated heterocycles. The smallest absolute Gasteiger partial charge is 0.264 e. The molecule has 162 valence electrons. The molecule has 0 spiro atoms. The summed E-state index contributed by atoms with van der Waals surface area (Å²) < 4.78 is 37.2. The normalized spacial score (nSPS) is 14.8. The van der Waals surface area contributed by atoms with Crippen LogP contribution >= 0.6 is 0 Å². The van der Waals surface area contributed by atoms with Crippen LogP contribution in [0.1, 0.15) is 29.8 Å². The molecule has 1 amide bonds. The first-order valence-electron chi connectivity index (χ1n) is 9.49. The predicted octanol–water partition coefficient (Wildman–Crippen LogP) is 2.39. The first kappa shape index (κ1) is 22.1. The number of fused-ring (bicyclic) bond motifs is 1. The van der Waals surface area contributed by atoms with Crippen LogP contribution < -0.4 is 14.8 Å². The van der Waals surface area contributed by atoms with Gasteiger partial charge in [0.25, 0.3) is 15.9 Å². The first-order valence-corrected chi connectivity index (χ1v) is 10.9. The second-order valence-corrected chi connectivity index (χ2v) is 9.45. The largest absolute Gasteiger partial charge is 0.488 e. The highest BCUT2D eigenvalue weighted by molar-refractivity contribution is 7.89. The van der Waals surface area contributed by atoms with Gasteiger partial charge in [0.15, 0.2) is 11.5 Å². The van der Waals surface area contributed by atoms with Gasteiger partial charge in [0, 0.05) is 24.6 Å². The Morgan fingerprint density at radius 1 is 1.23 bits per heavy atom. The van der Waals surface area contributed by atoms with Gasteiger partial charge >= 0.3 is 0 Å². The quantitative estimate of drug-likeness (QED) is 0.507. The molecule has 0 aromatic heterocycles. The van der Waals surface area contributed by atoms with E-state index < -0.39 is 15.9 Å². The van der Waals surface area contributed by atoms with Crippen LogP contribution in [-0.2, 0) is 21.3 Å². The topological polar surface area (TPSA) is 94.2 Å². The lowest BCUT2D eigenvalue weighted by atomic mass is 10.0. The van der Waals surface area contributed by atoms with E-state index in [2.05, 4.69) is 5.32 Å². The Morgan fingerprint density at radius 2 is 1.97 bits per heavy atom. The second kappa shape index (κ2) is 8.63.